The summed E-state index contributed by atoms with van der Waals surface area (Å²) in [6.07, 6.45) is 0. The number of halogens is 1. The summed E-state index contributed by atoms with van der Waals surface area (Å²) < 4.78 is 11.2. The van der Waals surface area contributed by atoms with Crippen molar-refractivity contribution in [3.8, 4) is 5.75 Å². The monoisotopic (exact) mass is 419 g/mol. The van der Waals surface area contributed by atoms with Gasteiger partial charge in [-0.05, 0) is 41.3 Å². The first-order valence-electron chi connectivity index (χ1n) is 8.18. The van der Waals surface area contributed by atoms with Crippen molar-refractivity contribution in [1.29, 1.82) is 0 Å². The zero-order chi connectivity index (χ0) is 19.2. The van der Waals surface area contributed by atoms with Crippen LogP contribution in [0.2, 0.25) is 0 Å². The molecule has 0 aliphatic carbocycles. The second kappa shape index (κ2) is 8.85. The number of anilines is 1. The van der Waals surface area contributed by atoms with Gasteiger partial charge in [0.1, 0.15) is 5.75 Å². The third kappa shape index (κ3) is 6.52. The second-order valence-electron chi connectivity index (χ2n) is 6.78. The quantitative estimate of drug-likeness (QED) is 0.708. The molecule has 0 saturated carbocycles. The SMILES string of the molecule is CC(C)(C)c1ccc(OCC(=O)OCC(=O)Nc2cccc(Br)c2)cc1. The molecule has 0 aromatic heterocycles. The molecule has 0 saturated heterocycles. The van der Waals surface area contributed by atoms with E-state index in [1.807, 2.05) is 30.3 Å². The Morgan fingerprint density at radius 3 is 2.35 bits per heavy atom. The van der Waals surface area contributed by atoms with E-state index in [9.17, 15) is 9.59 Å². The molecule has 138 valence electrons. The second-order valence-corrected chi connectivity index (χ2v) is 7.70. The van der Waals surface area contributed by atoms with Crippen molar-refractivity contribution in [3.63, 3.8) is 0 Å². The normalized spacial score (nSPS) is 10.9. The fourth-order valence-corrected chi connectivity index (χ4v) is 2.54. The van der Waals surface area contributed by atoms with E-state index < -0.39 is 11.9 Å². The molecule has 6 heteroatoms. The van der Waals surface area contributed by atoms with Gasteiger partial charge in [-0.3, -0.25) is 4.79 Å². The van der Waals surface area contributed by atoms with E-state index in [-0.39, 0.29) is 18.6 Å². The molecule has 0 aliphatic rings. The molecule has 1 N–H and O–H groups in total. The summed E-state index contributed by atoms with van der Waals surface area (Å²) in [5, 5.41) is 2.65. The summed E-state index contributed by atoms with van der Waals surface area (Å²) in [4.78, 5) is 23.5. The Morgan fingerprint density at radius 1 is 1.04 bits per heavy atom. The van der Waals surface area contributed by atoms with Crippen LogP contribution in [0.15, 0.2) is 53.0 Å². The molecule has 0 spiro atoms. The lowest BCUT2D eigenvalue weighted by Crippen LogP contribution is -2.23. The molecule has 0 aliphatic heterocycles. The van der Waals surface area contributed by atoms with E-state index in [2.05, 4.69) is 42.0 Å². The Labute approximate surface area is 161 Å². The molecule has 0 bridgehead atoms. The van der Waals surface area contributed by atoms with Crippen molar-refractivity contribution >= 4 is 33.5 Å². The van der Waals surface area contributed by atoms with Crippen molar-refractivity contribution in [2.24, 2.45) is 0 Å². The molecule has 0 fully saturated rings. The first-order chi connectivity index (χ1) is 12.2. The minimum atomic E-state index is -0.603. The topological polar surface area (TPSA) is 64.6 Å². The predicted octanol–water partition coefficient (Wildman–Crippen LogP) is 4.31. The highest BCUT2D eigenvalue weighted by molar-refractivity contribution is 9.10. The van der Waals surface area contributed by atoms with E-state index in [0.29, 0.717) is 11.4 Å². The van der Waals surface area contributed by atoms with Gasteiger partial charge in [-0.25, -0.2) is 4.79 Å². The minimum absolute atomic E-state index is 0.0547. The summed E-state index contributed by atoms with van der Waals surface area (Å²) in [5.41, 5.74) is 1.85. The number of hydrogen-bond donors (Lipinski definition) is 1. The number of carbonyl (C=O) groups is 2. The van der Waals surface area contributed by atoms with Crippen LogP contribution in [0.4, 0.5) is 5.69 Å². The van der Waals surface area contributed by atoms with Gasteiger partial charge in [0.05, 0.1) is 0 Å². The van der Waals surface area contributed by atoms with Crippen LogP contribution >= 0.6 is 15.9 Å². The van der Waals surface area contributed by atoms with E-state index >= 15 is 0 Å². The molecule has 0 unspecified atom stereocenters. The summed E-state index contributed by atoms with van der Waals surface area (Å²) in [6.45, 7) is 5.76. The largest absolute Gasteiger partial charge is 0.482 e. The molecule has 2 rings (SSSR count). The average molecular weight is 420 g/mol. The van der Waals surface area contributed by atoms with Gasteiger partial charge in [0, 0.05) is 10.2 Å². The Kier molecular flexibility index (Phi) is 6.80. The van der Waals surface area contributed by atoms with Crippen LogP contribution in [0.3, 0.4) is 0 Å². The van der Waals surface area contributed by atoms with Crippen LogP contribution in [0.5, 0.6) is 5.75 Å². The molecule has 0 heterocycles. The van der Waals surface area contributed by atoms with E-state index in [0.717, 1.165) is 4.47 Å². The van der Waals surface area contributed by atoms with Crippen LogP contribution in [-0.4, -0.2) is 25.1 Å². The lowest BCUT2D eigenvalue weighted by Gasteiger charge is -2.19. The lowest BCUT2D eigenvalue weighted by molar-refractivity contribution is -0.149. The highest BCUT2D eigenvalue weighted by Gasteiger charge is 2.13. The summed E-state index contributed by atoms with van der Waals surface area (Å²) in [5.74, 6) is -0.436. The highest BCUT2D eigenvalue weighted by atomic mass is 79.9. The number of hydrogen-bond acceptors (Lipinski definition) is 4. The van der Waals surface area contributed by atoms with Crippen LogP contribution in [0, 0.1) is 0 Å². The number of amides is 1. The van der Waals surface area contributed by atoms with E-state index in [4.69, 9.17) is 9.47 Å². The summed E-state index contributed by atoms with van der Waals surface area (Å²) >= 11 is 3.32. The Bertz CT molecular complexity index is 766. The van der Waals surface area contributed by atoms with E-state index in [1.54, 1.807) is 18.2 Å². The smallest absolute Gasteiger partial charge is 0.344 e. The Balaban J connectivity index is 1.74. The van der Waals surface area contributed by atoms with Gasteiger partial charge < -0.3 is 14.8 Å². The number of ether oxygens (including phenoxy) is 2. The average Bonchev–Trinajstić information content (AvgIpc) is 2.58. The summed E-state index contributed by atoms with van der Waals surface area (Å²) in [7, 11) is 0. The molecular weight excluding hydrogens is 398 g/mol. The first kappa shape index (κ1) is 20.0. The molecule has 2 aromatic rings. The van der Waals surface area contributed by atoms with Crippen molar-refractivity contribution in [2.75, 3.05) is 18.5 Å². The number of benzene rings is 2. The number of carbonyl (C=O) groups excluding carboxylic acids is 2. The zero-order valence-electron chi connectivity index (χ0n) is 15.0. The Hall–Kier alpha value is -2.34. The molecule has 26 heavy (non-hydrogen) atoms. The van der Waals surface area contributed by atoms with Gasteiger partial charge in [-0.2, -0.15) is 0 Å². The van der Waals surface area contributed by atoms with Crippen LogP contribution in [-0.2, 0) is 19.7 Å². The molecular formula is C20H22BrNO4. The molecule has 0 atom stereocenters. The molecule has 0 radical (unpaired) electrons. The highest BCUT2D eigenvalue weighted by Crippen LogP contribution is 2.24. The van der Waals surface area contributed by atoms with E-state index in [1.165, 1.54) is 5.56 Å². The minimum Gasteiger partial charge on any atom is -0.482 e. The van der Waals surface area contributed by atoms with Crippen LogP contribution in [0.1, 0.15) is 26.3 Å². The van der Waals surface area contributed by atoms with Gasteiger partial charge in [0.2, 0.25) is 0 Å². The fourth-order valence-electron chi connectivity index (χ4n) is 2.14. The lowest BCUT2D eigenvalue weighted by atomic mass is 9.87. The molecule has 5 nitrogen and oxygen atoms in total. The zero-order valence-corrected chi connectivity index (χ0v) is 16.6. The first-order valence-corrected chi connectivity index (χ1v) is 8.98. The van der Waals surface area contributed by atoms with Gasteiger partial charge in [-0.15, -0.1) is 0 Å². The summed E-state index contributed by atoms with van der Waals surface area (Å²) in [6, 6.07) is 14.7. The number of esters is 1. The maximum Gasteiger partial charge on any atom is 0.344 e. The number of rotatable bonds is 6. The maximum atomic E-state index is 11.8. The third-order valence-electron chi connectivity index (χ3n) is 3.55. The van der Waals surface area contributed by atoms with Gasteiger partial charge in [-0.1, -0.05) is 54.9 Å². The number of nitrogens with one attached hydrogen (secondary N) is 1. The van der Waals surface area contributed by atoms with Crippen LogP contribution in [0.25, 0.3) is 0 Å². The van der Waals surface area contributed by atoms with Gasteiger partial charge in [0.15, 0.2) is 13.2 Å². The fraction of sp³-hybridized carbons (Fsp3) is 0.300. The predicted molar refractivity (Wildman–Crippen MR) is 104 cm³/mol. The third-order valence-corrected chi connectivity index (χ3v) is 4.04. The van der Waals surface area contributed by atoms with Crippen molar-refractivity contribution in [3.05, 3.63) is 58.6 Å². The maximum absolute atomic E-state index is 11.8. The van der Waals surface area contributed by atoms with Crippen molar-refractivity contribution in [1.82, 2.24) is 0 Å². The van der Waals surface area contributed by atoms with Crippen molar-refractivity contribution in [2.45, 2.75) is 26.2 Å². The van der Waals surface area contributed by atoms with Gasteiger partial charge in [0.25, 0.3) is 5.91 Å². The standard InChI is InChI=1S/C20H22BrNO4/c1-20(2,3)14-7-9-17(10-8-14)25-13-19(24)26-12-18(23)22-16-6-4-5-15(21)11-16/h4-11H,12-13H2,1-3H3,(H,22,23). The van der Waals surface area contributed by atoms with Crippen LogP contribution < -0.4 is 10.1 Å². The molecule has 2 aromatic carbocycles. The Morgan fingerprint density at radius 2 is 1.73 bits per heavy atom. The molecule has 1 amide bonds. The van der Waals surface area contributed by atoms with Gasteiger partial charge >= 0.3 is 5.97 Å². The van der Waals surface area contributed by atoms with Crippen molar-refractivity contribution < 1.29 is 19.1 Å².